The van der Waals surface area contributed by atoms with Crippen LogP contribution in [0.2, 0.25) is 0 Å². The van der Waals surface area contributed by atoms with Gasteiger partial charge in [0.25, 0.3) is 5.69 Å². The van der Waals surface area contributed by atoms with Gasteiger partial charge < -0.3 is 4.90 Å². The van der Waals surface area contributed by atoms with Crippen LogP contribution in [-0.4, -0.2) is 18.0 Å². The first-order valence-corrected chi connectivity index (χ1v) is 7.43. The van der Waals surface area contributed by atoms with Crippen molar-refractivity contribution in [3.05, 3.63) is 32.8 Å². The SMILES string of the molecule is CCC1(C)CCN(c2ccc(Br)cc2[N+](=O)[O-])CC1. The van der Waals surface area contributed by atoms with Crippen molar-refractivity contribution in [2.45, 2.75) is 33.1 Å². The summed E-state index contributed by atoms with van der Waals surface area (Å²) >= 11 is 3.29. The molecule has 0 radical (unpaired) electrons. The third-order valence-electron chi connectivity index (χ3n) is 4.30. The minimum absolute atomic E-state index is 0.189. The lowest BCUT2D eigenvalue weighted by Gasteiger charge is -2.39. The summed E-state index contributed by atoms with van der Waals surface area (Å²) in [5.74, 6) is 0. The van der Waals surface area contributed by atoms with Gasteiger partial charge in [-0.3, -0.25) is 10.1 Å². The quantitative estimate of drug-likeness (QED) is 0.611. The molecule has 1 aromatic rings. The molecule has 0 bridgehead atoms. The lowest BCUT2D eigenvalue weighted by molar-refractivity contribution is -0.384. The van der Waals surface area contributed by atoms with Gasteiger partial charge in [-0.1, -0.05) is 36.2 Å². The summed E-state index contributed by atoms with van der Waals surface area (Å²) in [5, 5.41) is 11.2. The van der Waals surface area contributed by atoms with Gasteiger partial charge in [-0.25, -0.2) is 0 Å². The monoisotopic (exact) mass is 326 g/mol. The molecule has 0 atom stereocenters. The van der Waals surface area contributed by atoms with Gasteiger partial charge in [0.15, 0.2) is 0 Å². The van der Waals surface area contributed by atoms with E-state index in [1.165, 1.54) is 6.42 Å². The molecule has 0 N–H and O–H groups in total. The molecule has 104 valence electrons. The van der Waals surface area contributed by atoms with Gasteiger partial charge in [-0.15, -0.1) is 0 Å². The van der Waals surface area contributed by atoms with Crippen LogP contribution in [0.5, 0.6) is 0 Å². The Bertz CT molecular complexity index is 482. The zero-order chi connectivity index (χ0) is 14.0. The van der Waals surface area contributed by atoms with Crippen molar-refractivity contribution in [1.82, 2.24) is 0 Å². The van der Waals surface area contributed by atoms with Gasteiger partial charge in [0.2, 0.25) is 0 Å². The average Bonchev–Trinajstić information content (AvgIpc) is 2.40. The number of nitro groups is 1. The second kappa shape index (κ2) is 5.49. The highest BCUT2D eigenvalue weighted by Gasteiger charge is 2.30. The molecule has 4 nitrogen and oxygen atoms in total. The van der Waals surface area contributed by atoms with E-state index in [-0.39, 0.29) is 10.6 Å². The Morgan fingerprint density at radius 2 is 2.05 bits per heavy atom. The van der Waals surface area contributed by atoms with Crippen LogP contribution in [0, 0.1) is 15.5 Å². The van der Waals surface area contributed by atoms with Gasteiger partial charge in [0.05, 0.1) is 4.92 Å². The number of rotatable bonds is 3. The van der Waals surface area contributed by atoms with Crippen LogP contribution in [-0.2, 0) is 0 Å². The molecule has 1 aromatic carbocycles. The fraction of sp³-hybridized carbons (Fsp3) is 0.571. The first-order valence-electron chi connectivity index (χ1n) is 6.64. The minimum Gasteiger partial charge on any atom is -0.366 e. The molecule has 0 aromatic heterocycles. The molecular weight excluding hydrogens is 308 g/mol. The number of halogens is 1. The lowest BCUT2D eigenvalue weighted by atomic mass is 9.78. The van der Waals surface area contributed by atoms with Crippen molar-refractivity contribution in [2.24, 2.45) is 5.41 Å². The Morgan fingerprint density at radius 3 is 2.58 bits per heavy atom. The maximum atomic E-state index is 11.2. The third-order valence-corrected chi connectivity index (χ3v) is 4.79. The zero-order valence-electron chi connectivity index (χ0n) is 11.4. The summed E-state index contributed by atoms with van der Waals surface area (Å²) in [5.41, 5.74) is 1.32. The van der Waals surface area contributed by atoms with Crippen LogP contribution < -0.4 is 4.90 Å². The highest BCUT2D eigenvalue weighted by atomic mass is 79.9. The first-order chi connectivity index (χ1) is 8.95. The van der Waals surface area contributed by atoms with Crippen molar-refractivity contribution in [2.75, 3.05) is 18.0 Å². The van der Waals surface area contributed by atoms with Crippen LogP contribution in [0.3, 0.4) is 0 Å². The number of hydrogen-bond donors (Lipinski definition) is 0. The molecule has 1 fully saturated rings. The third kappa shape index (κ3) is 3.08. The maximum Gasteiger partial charge on any atom is 0.293 e. The second-order valence-electron chi connectivity index (χ2n) is 5.54. The maximum absolute atomic E-state index is 11.2. The predicted octanol–water partition coefficient (Wildman–Crippen LogP) is 4.37. The van der Waals surface area contributed by atoms with Gasteiger partial charge in [0, 0.05) is 23.6 Å². The molecule has 0 spiro atoms. The van der Waals surface area contributed by atoms with Gasteiger partial charge in [-0.05, 0) is 30.4 Å². The van der Waals surface area contributed by atoms with Crippen molar-refractivity contribution in [3.63, 3.8) is 0 Å². The minimum atomic E-state index is -0.298. The molecule has 5 heteroatoms. The fourth-order valence-electron chi connectivity index (χ4n) is 2.55. The van der Waals surface area contributed by atoms with Crippen LogP contribution in [0.15, 0.2) is 22.7 Å². The van der Waals surface area contributed by atoms with E-state index in [0.717, 1.165) is 36.1 Å². The normalized spacial score (nSPS) is 18.4. The van der Waals surface area contributed by atoms with Crippen LogP contribution in [0.4, 0.5) is 11.4 Å². The summed E-state index contributed by atoms with van der Waals surface area (Å²) in [6.45, 7) is 6.32. The number of nitro benzene ring substituents is 1. The number of piperidine rings is 1. The van der Waals surface area contributed by atoms with E-state index in [0.29, 0.717) is 5.41 Å². The molecule has 2 rings (SSSR count). The zero-order valence-corrected chi connectivity index (χ0v) is 12.9. The van der Waals surface area contributed by atoms with Gasteiger partial charge >= 0.3 is 0 Å². The van der Waals surface area contributed by atoms with Gasteiger partial charge in [-0.2, -0.15) is 0 Å². The summed E-state index contributed by atoms with van der Waals surface area (Å²) in [6, 6.07) is 5.30. The molecule has 1 heterocycles. The summed E-state index contributed by atoms with van der Waals surface area (Å²) in [4.78, 5) is 13.0. The average molecular weight is 327 g/mol. The Morgan fingerprint density at radius 1 is 1.42 bits per heavy atom. The van der Waals surface area contributed by atoms with Crippen LogP contribution in [0.1, 0.15) is 33.1 Å². The summed E-state index contributed by atoms with van der Waals surface area (Å²) in [7, 11) is 0. The number of anilines is 1. The Kier molecular flexibility index (Phi) is 4.13. The molecule has 1 aliphatic rings. The van der Waals surface area contributed by atoms with Crippen LogP contribution in [0.25, 0.3) is 0 Å². The molecular formula is C14H19BrN2O2. The number of hydrogen-bond acceptors (Lipinski definition) is 3. The molecule has 1 saturated heterocycles. The fourth-order valence-corrected chi connectivity index (χ4v) is 2.90. The smallest absolute Gasteiger partial charge is 0.293 e. The van der Waals surface area contributed by atoms with E-state index in [1.54, 1.807) is 6.07 Å². The Hall–Kier alpha value is -1.10. The van der Waals surface area contributed by atoms with Crippen molar-refractivity contribution in [1.29, 1.82) is 0 Å². The highest BCUT2D eigenvalue weighted by molar-refractivity contribution is 9.10. The number of nitrogens with zero attached hydrogens (tertiary/aromatic N) is 2. The standard InChI is InChI=1S/C14H19BrN2O2/c1-3-14(2)6-8-16(9-7-14)12-5-4-11(15)10-13(12)17(18)19/h4-5,10H,3,6-9H2,1-2H3. The second-order valence-corrected chi connectivity index (χ2v) is 6.46. The number of benzene rings is 1. The summed E-state index contributed by atoms with van der Waals surface area (Å²) < 4.78 is 0.748. The Labute approximate surface area is 122 Å². The molecule has 0 saturated carbocycles. The predicted molar refractivity (Wildman–Crippen MR) is 80.6 cm³/mol. The molecule has 0 aliphatic carbocycles. The van der Waals surface area contributed by atoms with Crippen molar-refractivity contribution < 1.29 is 4.92 Å². The molecule has 19 heavy (non-hydrogen) atoms. The highest BCUT2D eigenvalue weighted by Crippen LogP contribution is 2.38. The van der Waals surface area contributed by atoms with Crippen molar-refractivity contribution >= 4 is 27.3 Å². The summed E-state index contributed by atoms with van der Waals surface area (Å²) in [6.07, 6.45) is 3.36. The van der Waals surface area contributed by atoms with Crippen LogP contribution >= 0.6 is 15.9 Å². The van der Waals surface area contributed by atoms with E-state index in [1.807, 2.05) is 12.1 Å². The van der Waals surface area contributed by atoms with E-state index in [9.17, 15) is 10.1 Å². The van der Waals surface area contributed by atoms with E-state index in [2.05, 4.69) is 34.7 Å². The molecule has 1 aliphatic heterocycles. The topological polar surface area (TPSA) is 46.4 Å². The van der Waals surface area contributed by atoms with E-state index < -0.39 is 0 Å². The van der Waals surface area contributed by atoms with E-state index in [4.69, 9.17) is 0 Å². The Balaban J connectivity index is 2.22. The largest absolute Gasteiger partial charge is 0.366 e. The lowest BCUT2D eigenvalue weighted by Crippen LogP contribution is -2.38. The van der Waals surface area contributed by atoms with Gasteiger partial charge in [0.1, 0.15) is 5.69 Å². The van der Waals surface area contributed by atoms with E-state index >= 15 is 0 Å². The molecule has 0 amide bonds. The van der Waals surface area contributed by atoms with Crippen molar-refractivity contribution in [3.8, 4) is 0 Å². The first kappa shape index (κ1) is 14.3. The molecule has 0 unspecified atom stereocenters.